The first-order valence-corrected chi connectivity index (χ1v) is 7.12. The molecular formula is C15H21N5O. The van der Waals surface area contributed by atoms with Crippen molar-refractivity contribution in [1.82, 2.24) is 14.6 Å². The second-order valence-electron chi connectivity index (χ2n) is 5.19. The maximum Gasteiger partial charge on any atom is 0.154 e. The molecule has 6 heteroatoms. The average Bonchev–Trinajstić information content (AvgIpc) is 2.92. The van der Waals surface area contributed by atoms with E-state index in [1.807, 2.05) is 10.7 Å². The van der Waals surface area contributed by atoms with E-state index in [4.69, 9.17) is 10.00 Å². The highest BCUT2D eigenvalue weighted by atomic mass is 16.5. The van der Waals surface area contributed by atoms with E-state index in [0.29, 0.717) is 32.0 Å². The quantitative estimate of drug-likeness (QED) is 0.781. The van der Waals surface area contributed by atoms with E-state index in [0.717, 1.165) is 17.0 Å². The van der Waals surface area contributed by atoms with Crippen LogP contribution in [0.4, 0.5) is 5.82 Å². The second kappa shape index (κ2) is 7.04. The highest BCUT2D eigenvalue weighted by Gasteiger charge is 2.15. The minimum absolute atomic E-state index is 0.365. The number of fused-ring (bicyclic) bond motifs is 1. The van der Waals surface area contributed by atoms with Gasteiger partial charge < -0.3 is 9.64 Å². The van der Waals surface area contributed by atoms with Gasteiger partial charge in [-0.2, -0.15) is 10.4 Å². The van der Waals surface area contributed by atoms with Gasteiger partial charge >= 0.3 is 0 Å². The minimum atomic E-state index is 0.365. The first-order valence-electron chi connectivity index (χ1n) is 7.12. The third-order valence-corrected chi connectivity index (χ3v) is 3.34. The third-order valence-electron chi connectivity index (χ3n) is 3.34. The molecule has 0 N–H and O–H groups in total. The molecule has 2 aromatic rings. The lowest BCUT2D eigenvalue weighted by Gasteiger charge is -2.22. The van der Waals surface area contributed by atoms with E-state index in [1.54, 1.807) is 13.3 Å². The number of hydrogen-bond donors (Lipinski definition) is 0. The molecule has 0 fully saturated rings. The fourth-order valence-corrected chi connectivity index (χ4v) is 2.16. The second-order valence-corrected chi connectivity index (χ2v) is 5.19. The molecule has 0 spiro atoms. The number of ether oxygens (including phenoxy) is 1. The largest absolute Gasteiger partial charge is 0.383 e. The van der Waals surface area contributed by atoms with Crippen molar-refractivity contribution in [2.24, 2.45) is 0 Å². The van der Waals surface area contributed by atoms with Crippen LogP contribution in [0.15, 0.2) is 18.5 Å². The van der Waals surface area contributed by atoms with Gasteiger partial charge in [0.2, 0.25) is 0 Å². The lowest BCUT2D eigenvalue weighted by atomic mass is 10.1. The molecule has 2 rings (SSSR count). The molecule has 0 saturated heterocycles. The smallest absolute Gasteiger partial charge is 0.154 e. The zero-order valence-corrected chi connectivity index (χ0v) is 12.8. The van der Waals surface area contributed by atoms with Crippen molar-refractivity contribution in [3.05, 3.63) is 24.2 Å². The summed E-state index contributed by atoms with van der Waals surface area (Å²) < 4.78 is 7.01. The minimum Gasteiger partial charge on any atom is -0.383 e. The number of rotatable bonds is 7. The molecule has 0 bridgehead atoms. The Labute approximate surface area is 125 Å². The van der Waals surface area contributed by atoms with Crippen molar-refractivity contribution in [2.45, 2.75) is 26.2 Å². The summed E-state index contributed by atoms with van der Waals surface area (Å²) in [5, 5.41) is 13.4. The van der Waals surface area contributed by atoms with Crippen LogP contribution >= 0.6 is 0 Å². The van der Waals surface area contributed by atoms with Gasteiger partial charge in [-0.3, -0.25) is 0 Å². The van der Waals surface area contributed by atoms with E-state index in [9.17, 15) is 0 Å². The van der Waals surface area contributed by atoms with Crippen molar-refractivity contribution in [3.8, 4) is 6.07 Å². The van der Waals surface area contributed by atoms with Crippen LogP contribution in [-0.4, -0.2) is 41.4 Å². The fraction of sp³-hybridized carbons (Fsp3) is 0.533. The van der Waals surface area contributed by atoms with Crippen molar-refractivity contribution >= 4 is 11.3 Å². The maximum atomic E-state index is 8.83. The Morgan fingerprint density at radius 2 is 2.24 bits per heavy atom. The van der Waals surface area contributed by atoms with Gasteiger partial charge in [0.05, 0.1) is 24.8 Å². The molecule has 0 aromatic carbocycles. The van der Waals surface area contributed by atoms with Crippen LogP contribution in [0.25, 0.3) is 5.52 Å². The highest BCUT2D eigenvalue weighted by molar-refractivity contribution is 5.69. The number of nitrogens with zero attached hydrogens (tertiary/aromatic N) is 5. The number of aromatic nitrogens is 3. The number of anilines is 1. The Hall–Kier alpha value is -2.13. The maximum absolute atomic E-state index is 8.83. The molecule has 21 heavy (non-hydrogen) atoms. The van der Waals surface area contributed by atoms with Crippen molar-refractivity contribution in [3.63, 3.8) is 0 Å². The highest BCUT2D eigenvalue weighted by Crippen LogP contribution is 2.22. The Kier molecular flexibility index (Phi) is 5.12. The molecule has 2 aromatic heterocycles. The lowest BCUT2D eigenvalue weighted by molar-refractivity contribution is 0.205. The molecule has 6 nitrogen and oxygen atoms in total. The average molecular weight is 287 g/mol. The third kappa shape index (κ3) is 3.50. The molecule has 0 saturated carbocycles. The van der Waals surface area contributed by atoms with E-state index < -0.39 is 0 Å². The van der Waals surface area contributed by atoms with Crippen molar-refractivity contribution < 1.29 is 4.74 Å². The van der Waals surface area contributed by atoms with Gasteiger partial charge in [-0.25, -0.2) is 9.50 Å². The summed E-state index contributed by atoms with van der Waals surface area (Å²) in [6, 6.07) is 4.25. The van der Waals surface area contributed by atoms with Crippen LogP contribution in [0.3, 0.4) is 0 Å². The first-order chi connectivity index (χ1) is 10.2. The van der Waals surface area contributed by atoms with Crippen LogP contribution in [0.5, 0.6) is 0 Å². The van der Waals surface area contributed by atoms with Gasteiger partial charge in [-0.1, -0.05) is 13.8 Å². The van der Waals surface area contributed by atoms with Gasteiger partial charge in [0, 0.05) is 32.6 Å². The Balaban J connectivity index is 2.38. The molecule has 0 aliphatic heterocycles. The predicted octanol–water partition coefficient (Wildman–Crippen LogP) is 2.22. The van der Waals surface area contributed by atoms with E-state index in [-0.39, 0.29) is 0 Å². The molecule has 0 atom stereocenters. The van der Waals surface area contributed by atoms with E-state index in [1.165, 1.54) is 0 Å². The Morgan fingerprint density at radius 3 is 2.90 bits per heavy atom. The van der Waals surface area contributed by atoms with E-state index in [2.05, 4.69) is 41.0 Å². The summed E-state index contributed by atoms with van der Waals surface area (Å²) in [7, 11) is 1.67. The summed E-state index contributed by atoms with van der Waals surface area (Å²) in [6.45, 7) is 6.17. The van der Waals surface area contributed by atoms with Crippen LogP contribution in [0.2, 0.25) is 0 Å². The summed E-state index contributed by atoms with van der Waals surface area (Å²) in [5.74, 6) is 1.22. The van der Waals surface area contributed by atoms with Crippen molar-refractivity contribution in [1.29, 1.82) is 5.26 Å². The normalized spacial score (nSPS) is 11.0. The van der Waals surface area contributed by atoms with Gasteiger partial charge in [0.25, 0.3) is 0 Å². The van der Waals surface area contributed by atoms with Crippen molar-refractivity contribution in [2.75, 3.05) is 31.7 Å². The summed E-state index contributed by atoms with van der Waals surface area (Å²) in [4.78, 5) is 6.56. The van der Waals surface area contributed by atoms with Gasteiger partial charge in [0.1, 0.15) is 5.52 Å². The molecule has 0 amide bonds. The number of hydrogen-bond acceptors (Lipinski definition) is 5. The first kappa shape index (κ1) is 15.3. The standard InChI is InChI=1S/C15H21N5O/c1-12(2)13-11-14-15(17-6-8-20(14)18-13)19(7-4-5-16)9-10-21-3/h6,8,11-12H,4,7,9-10H2,1-3H3. The van der Waals surface area contributed by atoms with Gasteiger partial charge in [-0.15, -0.1) is 0 Å². The molecule has 0 aliphatic carbocycles. The molecule has 2 heterocycles. The Bertz CT molecular complexity index is 629. The summed E-state index contributed by atoms with van der Waals surface area (Å²) >= 11 is 0. The molecule has 0 aliphatic rings. The van der Waals surface area contributed by atoms with E-state index >= 15 is 0 Å². The summed E-state index contributed by atoms with van der Waals surface area (Å²) in [5.41, 5.74) is 2.01. The molecule has 0 unspecified atom stereocenters. The van der Waals surface area contributed by atoms with Crippen LogP contribution < -0.4 is 4.90 Å². The SMILES string of the molecule is COCCN(CCC#N)c1nccn2nc(C(C)C)cc12. The zero-order chi connectivity index (χ0) is 15.2. The van der Waals surface area contributed by atoms with Gasteiger partial charge in [-0.05, 0) is 12.0 Å². The van der Waals surface area contributed by atoms with Gasteiger partial charge in [0.15, 0.2) is 5.82 Å². The monoisotopic (exact) mass is 287 g/mol. The molecular weight excluding hydrogens is 266 g/mol. The Morgan fingerprint density at radius 1 is 1.43 bits per heavy atom. The lowest BCUT2D eigenvalue weighted by Crippen LogP contribution is -2.29. The molecule has 112 valence electrons. The summed E-state index contributed by atoms with van der Waals surface area (Å²) in [6.07, 6.45) is 4.05. The van der Waals surface area contributed by atoms with Crippen LogP contribution in [-0.2, 0) is 4.74 Å². The van der Waals surface area contributed by atoms with Crippen LogP contribution in [0.1, 0.15) is 31.9 Å². The number of methoxy groups -OCH3 is 1. The van der Waals surface area contributed by atoms with Crippen LogP contribution in [0, 0.1) is 11.3 Å². The molecule has 0 radical (unpaired) electrons. The topological polar surface area (TPSA) is 66.5 Å². The zero-order valence-electron chi connectivity index (χ0n) is 12.8. The predicted molar refractivity (Wildman–Crippen MR) is 81.4 cm³/mol. The number of nitriles is 1. The fourth-order valence-electron chi connectivity index (χ4n) is 2.16.